The first kappa shape index (κ1) is 21.3. The molecule has 4 nitrogen and oxygen atoms in total. The summed E-state index contributed by atoms with van der Waals surface area (Å²) in [4.78, 5) is 39.8. The lowest BCUT2D eigenvalue weighted by Crippen LogP contribution is -2.16. The standard InChI is InChI=1S/C30H19O4/c1-34-26-17-16-21(18-31)27(29(32)24-14-6-10-19-8-2-4-12-22(19)24)28(26)30(33)25-15-7-11-20-9-3-5-13-23(20)25/h2-17H,1H3. The van der Waals surface area contributed by atoms with Crippen molar-refractivity contribution in [3.05, 3.63) is 125 Å². The Morgan fingerprint density at radius 1 is 0.618 bits per heavy atom. The molecule has 0 N–H and O–H groups in total. The zero-order chi connectivity index (χ0) is 23.7. The third kappa shape index (κ3) is 3.46. The van der Waals surface area contributed by atoms with Crippen molar-refractivity contribution in [2.24, 2.45) is 0 Å². The number of ether oxygens (including phenoxy) is 1. The average Bonchev–Trinajstić information content (AvgIpc) is 2.90. The van der Waals surface area contributed by atoms with E-state index in [0.29, 0.717) is 11.1 Å². The molecule has 34 heavy (non-hydrogen) atoms. The first-order valence-electron chi connectivity index (χ1n) is 10.8. The molecule has 0 bridgehead atoms. The molecule has 0 heterocycles. The number of rotatable bonds is 6. The lowest BCUT2D eigenvalue weighted by Gasteiger charge is -2.16. The average molecular weight is 443 g/mol. The normalized spacial score (nSPS) is 10.9. The largest absolute Gasteiger partial charge is 0.496 e. The van der Waals surface area contributed by atoms with Gasteiger partial charge in [-0.1, -0.05) is 84.9 Å². The predicted molar refractivity (Wildman–Crippen MR) is 133 cm³/mol. The number of benzene rings is 5. The van der Waals surface area contributed by atoms with Crippen molar-refractivity contribution in [1.29, 1.82) is 0 Å². The number of carbonyl (C=O) groups excluding carboxylic acids is 3. The Morgan fingerprint density at radius 2 is 1.12 bits per heavy atom. The summed E-state index contributed by atoms with van der Waals surface area (Å²) in [5, 5.41) is 3.27. The minimum absolute atomic E-state index is 0.0105. The summed E-state index contributed by atoms with van der Waals surface area (Å²) in [5.74, 6) is -0.604. The Labute approximate surface area is 196 Å². The number of hydrogen-bond donors (Lipinski definition) is 0. The Hall–Kier alpha value is -4.57. The molecular formula is C30H19O4. The van der Waals surface area contributed by atoms with Gasteiger partial charge in [-0.15, -0.1) is 0 Å². The van der Waals surface area contributed by atoms with Crippen molar-refractivity contribution in [3.8, 4) is 5.75 Å². The van der Waals surface area contributed by atoms with Crippen LogP contribution in [0.25, 0.3) is 21.5 Å². The highest BCUT2D eigenvalue weighted by molar-refractivity contribution is 6.27. The molecule has 0 spiro atoms. The topological polar surface area (TPSA) is 60.4 Å². The van der Waals surface area contributed by atoms with Crippen LogP contribution in [0, 0.1) is 0 Å². The summed E-state index contributed by atoms with van der Waals surface area (Å²) in [5.41, 5.74) is 0.879. The highest BCUT2D eigenvalue weighted by Crippen LogP contribution is 2.33. The second kappa shape index (κ2) is 8.75. The van der Waals surface area contributed by atoms with Crippen LogP contribution in [0.2, 0.25) is 0 Å². The van der Waals surface area contributed by atoms with Crippen LogP contribution in [-0.2, 0) is 4.79 Å². The molecule has 5 rings (SSSR count). The molecule has 0 unspecified atom stereocenters. The second-order valence-electron chi connectivity index (χ2n) is 7.88. The molecule has 0 atom stereocenters. The van der Waals surface area contributed by atoms with Gasteiger partial charge in [-0.2, -0.15) is 0 Å². The third-order valence-corrected chi connectivity index (χ3v) is 6.02. The Balaban J connectivity index is 1.79. The fraction of sp³-hybridized carbons (Fsp3) is 0.0333. The first-order chi connectivity index (χ1) is 16.6. The highest BCUT2D eigenvalue weighted by Gasteiger charge is 2.28. The van der Waals surface area contributed by atoms with Gasteiger partial charge in [-0.3, -0.25) is 14.4 Å². The molecule has 0 aliphatic heterocycles. The van der Waals surface area contributed by atoms with Gasteiger partial charge in [-0.25, -0.2) is 0 Å². The maximum atomic E-state index is 14.0. The van der Waals surface area contributed by atoms with Gasteiger partial charge < -0.3 is 4.74 Å². The molecule has 0 aliphatic carbocycles. The summed E-state index contributed by atoms with van der Waals surface area (Å²) in [6.45, 7) is 0. The van der Waals surface area contributed by atoms with Gasteiger partial charge in [0.1, 0.15) is 5.75 Å². The van der Waals surface area contributed by atoms with E-state index in [1.807, 2.05) is 66.9 Å². The van der Waals surface area contributed by atoms with E-state index in [2.05, 4.69) is 0 Å². The number of methoxy groups -OCH3 is 1. The maximum absolute atomic E-state index is 14.0. The van der Waals surface area contributed by atoms with Crippen molar-refractivity contribution in [1.82, 2.24) is 0 Å². The van der Waals surface area contributed by atoms with E-state index in [1.54, 1.807) is 24.3 Å². The third-order valence-electron chi connectivity index (χ3n) is 6.02. The number of ketones is 2. The van der Waals surface area contributed by atoms with Crippen LogP contribution in [0.1, 0.15) is 37.4 Å². The van der Waals surface area contributed by atoms with Gasteiger partial charge in [-0.05, 0) is 33.7 Å². The fourth-order valence-corrected chi connectivity index (χ4v) is 4.42. The second-order valence-corrected chi connectivity index (χ2v) is 7.88. The minimum Gasteiger partial charge on any atom is -0.496 e. The van der Waals surface area contributed by atoms with Crippen LogP contribution in [0.4, 0.5) is 0 Å². The molecule has 5 aromatic carbocycles. The van der Waals surface area contributed by atoms with Crippen LogP contribution < -0.4 is 4.74 Å². The fourth-order valence-electron chi connectivity index (χ4n) is 4.42. The molecule has 0 saturated heterocycles. The van der Waals surface area contributed by atoms with E-state index in [-0.39, 0.29) is 22.4 Å². The van der Waals surface area contributed by atoms with Crippen LogP contribution in [0.5, 0.6) is 5.75 Å². The molecule has 163 valence electrons. The smallest absolute Gasteiger partial charge is 0.234 e. The monoisotopic (exact) mass is 443 g/mol. The summed E-state index contributed by atoms with van der Waals surface area (Å²) >= 11 is 0. The van der Waals surface area contributed by atoms with Crippen molar-refractivity contribution in [2.75, 3.05) is 7.11 Å². The predicted octanol–water partition coefficient (Wildman–Crippen LogP) is 5.92. The number of fused-ring (bicyclic) bond motifs is 2. The summed E-state index contributed by atoms with van der Waals surface area (Å²) in [7, 11) is 1.44. The molecule has 1 radical (unpaired) electrons. The van der Waals surface area contributed by atoms with Gasteiger partial charge >= 0.3 is 0 Å². The van der Waals surface area contributed by atoms with Crippen LogP contribution in [0.3, 0.4) is 0 Å². The van der Waals surface area contributed by atoms with Crippen molar-refractivity contribution < 1.29 is 19.1 Å². The van der Waals surface area contributed by atoms with Gasteiger partial charge in [0.05, 0.1) is 12.7 Å². The zero-order valence-electron chi connectivity index (χ0n) is 18.4. The van der Waals surface area contributed by atoms with E-state index in [9.17, 15) is 14.4 Å². The van der Waals surface area contributed by atoms with E-state index in [0.717, 1.165) is 21.5 Å². The molecule has 5 aromatic rings. The summed E-state index contributed by atoms with van der Waals surface area (Å²) < 4.78 is 5.51. The van der Waals surface area contributed by atoms with E-state index < -0.39 is 11.6 Å². The molecule has 0 aliphatic rings. The Kier molecular flexibility index (Phi) is 5.48. The molecule has 0 aromatic heterocycles. The Morgan fingerprint density at radius 3 is 1.65 bits per heavy atom. The van der Waals surface area contributed by atoms with E-state index in [1.165, 1.54) is 19.2 Å². The lowest BCUT2D eigenvalue weighted by molar-refractivity contribution is 0.100. The highest BCUT2D eigenvalue weighted by atomic mass is 16.5. The zero-order valence-corrected chi connectivity index (χ0v) is 18.4. The van der Waals surface area contributed by atoms with Gasteiger partial charge in [0.2, 0.25) is 6.29 Å². The molecule has 0 saturated carbocycles. The van der Waals surface area contributed by atoms with Crippen molar-refractivity contribution >= 4 is 39.4 Å². The maximum Gasteiger partial charge on any atom is 0.234 e. The molecule has 4 heteroatoms. The van der Waals surface area contributed by atoms with Crippen molar-refractivity contribution in [3.63, 3.8) is 0 Å². The van der Waals surface area contributed by atoms with Gasteiger partial charge in [0, 0.05) is 22.3 Å². The summed E-state index contributed by atoms with van der Waals surface area (Å²) in [6, 6.07) is 28.8. The molecular weight excluding hydrogens is 424 g/mol. The van der Waals surface area contributed by atoms with Crippen LogP contribution in [-0.4, -0.2) is 25.0 Å². The molecule has 0 amide bonds. The van der Waals surface area contributed by atoms with Crippen LogP contribution >= 0.6 is 0 Å². The van der Waals surface area contributed by atoms with Gasteiger partial charge in [0.15, 0.2) is 11.6 Å². The quantitative estimate of drug-likeness (QED) is 0.306. The lowest BCUT2D eigenvalue weighted by atomic mass is 9.87. The molecule has 0 fully saturated rings. The SMILES string of the molecule is COc1ccc([C]=O)c(C(=O)c2cccc3ccccc23)c1C(=O)c1cccc2ccccc12. The van der Waals surface area contributed by atoms with Gasteiger partial charge in [0.25, 0.3) is 0 Å². The Bertz CT molecular complexity index is 1590. The number of carbonyl (C=O) groups is 2. The van der Waals surface area contributed by atoms with Crippen molar-refractivity contribution in [2.45, 2.75) is 0 Å². The van der Waals surface area contributed by atoms with Crippen LogP contribution in [0.15, 0.2) is 97.1 Å². The minimum atomic E-state index is -0.433. The number of hydrogen-bond acceptors (Lipinski definition) is 4. The van der Waals surface area contributed by atoms with E-state index >= 15 is 0 Å². The first-order valence-corrected chi connectivity index (χ1v) is 10.8. The summed E-state index contributed by atoms with van der Waals surface area (Å²) in [6.07, 6.45) is 1.85. The van der Waals surface area contributed by atoms with E-state index in [4.69, 9.17) is 4.74 Å².